The van der Waals surface area contributed by atoms with Crippen molar-refractivity contribution in [1.82, 2.24) is 4.57 Å². The van der Waals surface area contributed by atoms with Crippen molar-refractivity contribution in [3.63, 3.8) is 0 Å². The summed E-state index contributed by atoms with van der Waals surface area (Å²) in [5, 5.41) is 11.4. The van der Waals surface area contributed by atoms with E-state index in [0.717, 1.165) is 38.7 Å². The van der Waals surface area contributed by atoms with Crippen LogP contribution in [-0.2, 0) is 16.8 Å². The first kappa shape index (κ1) is 18.2. The maximum atomic E-state index is 11.7. The number of thioether (sulfide) groups is 1. The van der Waals surface area contributed by atoms with Crippen LogP contribution in [0.4, 0.5) is 0 Å². The maximum absolute atomic E-state index is 11.7. The average Bonchev–Trinajstić information content (AvgIpc) is 3.11. The molecule has 0 unspecified atom stereocenters. The summed E-state index contributed by atoms with van der Waals surface area (Å²) in [6.07, 6.45) is -0.0121. The highest BCUT2D eigenvalue weighted by Gasteiger charge is 2.38. The lowest BCUT2D eigenvalue weighted by Crippen LogP contribution is -2.27. The lowest BCUT2D eigenvalue weighted by atomic mass is 9.95. The summed E-state index contributed by atoms with van der Waals surface area (Å²) in [6, 6.07) is 17.9. The monoisotopic (exact) mass is 397 g/mol. The lowest BCUT2D eigenvalue weighted by molar-refractivity contribution is -0.136. The number of halogens is 1. The smallest absolute Gasteiger partial charge is 0.309 e. The summed E-state index contributed by atoms with van der Waals surface area (Å²) >= 11 is 7.90. The number of aliphatic carboxylic acids is 1. The van der Waals surface area contributed by atoms with Crippen molar-refractivity contribution < 1.29 is 9.90 Å². The molecule has 138 valence electrons. The Balaban J connectivity index is 2.08. The number of benzene rings is 2. The van der Waals surface area contributed by atoms with Gasteiger partial charge in [0.05, 0.1) is 11.4 Å². The van der Waals surface area contributed by atoms with Crippen LogP contribution in [0.15, 0.2) is 59.6 Å². The van der Waals surface area contributed by atoms with Gasteiger partial charge in [-0.05, 0) is 37.1 Å². The van der Waals surface area contributed by atoms with Gasteiger partial charge in [-0.15, -0.1) is 11.8 Å². The molecule has 3 nitrogen and oxygen atoms in total. The van der Waals surface area contributed by atoms with Crippen molar-refractivity contribution in [3.8, 4) is 22.3 Å². The Hall–Kier alpha value is -2.17. The van der Waals surface area contributed by atoms with Crippen LogP contribution < -0.4 is 0 Å². The Bertz CT molecular complexity index is 1010. The minimum Gasteiger partial charge on any atom is -0.481 e. The number of carboxylic acid groups (broad SMARTS) is 1. The van der Waals surface area contributed by atoms with Crippen molar-refractivity contribution in [2.45, 2.75) is 30.8 Å². The lowest BCUT2D eigenvalue weighted by Gasteiger charge is -2.23. The number of aromatic nitrogens is 1. The molecular formula is C22H20ClNO2S. The van der Waals surface area contributed by atoms with Gasteiger partial charge in [-0.2, -0.15) is 0 Å². The third-order valence-electron chi connectivity index (χ3n) is 4.91. The number of fused-ring (bicyclic) bond motifs is 1. The Morgan fingerprint density at radius 2 is 1.70 bits per heavy atom. The van der Waals surface area contributed by atoms with E-state index in [-0.39, 0.29) is 12.0 Å². The van der Waals surface area contributed by atoms with Gasteiger partial charge in [0.25, 0.3) is 0 Å². The van der Waals surface area contributed by atoms with Crippen LogP contribution in [0, 0.1) is 0 Å². The molecular weight excluding hydrogens is 378 g/mol. The van der Waals surface area contributed by atoms with Gasteiger partial charge < -0.3 is 9.67 Å². The van der Waals surface area contributed by atoms with Gasteiger partial charge in [0, 0.05) is 33.1 Å². The van der Waals surface area contributed by atoms with Crippen LogP contribution in [0.1, 0.15) is 19.5 Å². The molecule has 1 N–H and O–H groups in total. The SMILES string of the molecule is CC1(C)CSc2c(-c3ccccc3)c(-c3ccc(Cl)cc3)c(CC(=O)O)n21. The van der Waals surface area contributed by atoms with E-state index in [2.05, 4.69) is 30.5 Å². The Labute approximate surface area is 168 Å². The summed E-state index contributed by atoms with van der Waals surface area (Å²) in [4.78, 5) is 11.7. The van der Waals surface area contributed by atoms with Gasteiger partial charge in [-0.25, -0.2) is 0 Å². The first-order valence-electron chi connectivity index (χ1n) is 8.82. The van der Waals surface area contributed by atoms with Crippen molar-refractivity contribution in [3.05, 3.63) is 65.3 Å². The molecule has 2 heterocycles. The van der Waals surface area contributed by atoms with E-state index < -0.39 is 5.97 Å². The van der Waals surface area contributed by atoms with Crippen LogP contribution in [0.5, 0.6) is 0 Å². The normalized spacial score (nSPS) is 14.9. The molecule has 2 aromatic carbocycles. The Morgan fingerprint density at radius 1 is 1.07 bits per heavy atom. The third-order valence-corrected chi connectivity index (χ3v) is 6.67. The van der Waals surface area contributed by atoms with Gasteiger partial charge in [-0.1, -0.05) is 54.1 Å². The zero-order valence-electron chi connectivity index (χ0n) is 15.2. The highest BCUT2D eigenvalue weighted by Crippen LogP contribution is 2.51. The molecule has 0 aliphatic carbocycles. The van der Waals surface area contributed by atoms with Crippen LogP contribution in [-0.4, -0.2) is 21.4 Å². The summed E-state index contributed by atoms with van der Waals surface area (Å²) in [5.74, 6) is 0.105. The zero-order chi connectivity index (χ0) is 19.2. The molecule has 0 amide bonds. The molecule has 1 aromatic heterocycles. The zero-order valence-corrected chi connectivity index (χ0v) is 16.8. The van der Waals surface area contributed by atoms with E-state index in [1.165, 1.54) is 0 Å². The highest BCUT2D eigenvalue weighted by atomic mass is 35.5. The highest BCUT2D eigenvalue weighted by molar-refractivity contribution is 7.99. The van der Waals surface area contributed by atoms with Crippen LogP contribution in [0.2, 0.25) is 5.02 Å². The van der Waals surface area contributed by atoms with Gasteiger partial charge in [0.1, 0.15) is 0 Å². The number of hydrogen-bond donors (Lipinski definition) is 1. The van der Waals surface area contributed by atoms with Gasteiger partial charge in [0.15, 0.2) is 0 Å². The Kier molecular flexibility index (Phi) is 4.57. The number of carbonyl (C=O) groups is 1. The minimum atomic E-state index is -0.821. The minimum absolute atomic E-state index is 0.0121. The van der Waals surface area contributed by atoms with E-state index in [1.807, 2.05) is 42.5 Å². The quantitative estimate of drug-likeness (QED) is 0.592. The summed E-state index contributed by atoms with van der Waals surface area (Å²) < 4.78 is 2.23. The van der Waals surface area contributed by atoms with Crippen LogP contribution in [0.3, 0.4) is 0 Å². The number of nitrogens with zero attached hydrogens (tertiary/aromatic N) is 1. The van der Waals surface area contributed by atoms with E-state index in [0.29, 0.717) is 5.02 Å². The fraction of sp³-hybridized carbons (Fsp3) is 0.227. The molecule has 0 spiro atoms. The van der Waals surface area contributed by atoms with Gasteiger partial charge in [-0.3, -0.25) is 4.79 Å². The van der Waals surface area contributed by atoms with Gasteiger partial charge in [0.2, 0.25) is 0 Å². The topological polar surface area (TPSA) is 42.2 Å². The van der Waals surface area contributed by atoms with E-state index >= 15 is 0 Å². The molecule has 0 atom stereocenters. The molecule has 0 saturated carbocycles. The van der Waals surface area contributed by atoms with Crippen molar-refractivity contribution in [2.24, 2.45) is 0 Å². The van der Waals surface area contributed by atoms with Gasteiger partial charge >= 0.3 is 5.97 Å². The molecule has 0 fully saturated rings. The summed E-state index contributed by atoms with van der Waals surface area (Å²) in [6.45, 7) is 4.34. The van der Waals surface area contributed by atoms with Crippen molar-refractivity contribution >= 4 is 29.3 Å². The molecule has 1 aliphatic rings. The Morgan fingerprint density at radius 3 is 2.33 bits per heavy atom. The number of hydrogen-bond acceptors (Lipinski definition) is 2. The second kappa shape index (κ2) is 6.77. The molecule has 1 aliphatic heterocycles. The van der Waals surface area contributed by atoms with E-state index in [4.69, 9.17) is 11.6 Å². The van der Waals surface area contributed by atoms with Crippen molar-refractivity contribution in [1.29, 1.82) is 0 Å². The molecule has 27 heavy (non-hydrogen) atoms. The third kappa shape index (κ3) is 3.17. The fourth-order valence-corrected chi connectivity index (χ4v) is 5.39. The summed E-state index contributed by atoms with van der Waals surface area (Å²) in [5.41, 5.74) is 4.92. The second-order valence-corrected chi connectivity index (χ2v) is 8.78. The first-order valence-corrected chi connectivity index (χ1v) is 10.2. The molecule has 3 aromatic rings. The number of carboxylic acids is 1. The molecule has 4 rings (SSSR count). The molecule has 5 heteroatoms. The first-order chi connectivity index (χ1) is 12.9. The molecule has 0 bridgehead atoms. The predicted octanol–water partition coefficient (Wildman–Crippen LogP) is 5.94. The fourth-order valence-electron chi connectivity index (χ4n) is 3.79. The molecule has 0 saturated heterocycles. The summed E-state index contributed by atoms with van der Waals surface area (Å²) in [7, 11) is 0. The maximum Gasteiger partial charge on any atom is 0.309 e. The molecule has 0 radical (unpaired) electrons. The van der Waals surface area contributed by atoms with E-state index in [9.17, 15) is 9.90 Å². The van der Waals surface area contributed by atoms with Crippen molar-refractivity contribution in [2.75, 3.05) is 5.75 Å². The largest absolute Gasteiger partial charge is 0.481 e. The predicted molar refractivity (Wildman–Crippen MR) is 112 cm³/mol. The van der Waals surface area contributed by atoms with Crippen LogP contribution in [0.25, 0.3) is 22.3 Å². The van der Waals surface area contributed by atoms with Crippen LogP contribution >= 0.6 is 23.4 Å². The average molecular weight is 398 g/mol. The standard InChI is InChI=1S/C22H20ClNO2S/c1-22(2)13-27-21-20(14-6-4-3-5-7-14)19(15-8-10-16(23)11-9-15)17(24(21)22)12-18(25)26/h3-11H,12-13H2,1-2H3,(H,25,26). The van der Waals surface area contributed by atoms with E-state index in [1.54, 1.807) is 11.8 Å². The number of rotatable bonds is 4. The second-order valence-electron chi connectivity index (χ2n) is 7.38.